The molecule has 1 atom stereocenters. The highest BCUT2D eigenvalue weighted by Gasteiger charge is 2.33. The topological polar surface area (TPSA) is 26.8 Å². The van der Waals surface area contributed by atoms with E-state index < -0.39 is 0 Å². The highest BCUT2D eigenvalue weighted by Crippen LogP contribution is 2.28. The zero-order valence-corrected chi connectivity index (χ0v) is 18.2. The van der Waals surface area contributed by atoms with E-state index in [2.05, 4.69) is 4.90 Å². The van der Waals surface area contributed by atoms with Gasteiger partial charge in [0.1, 0.15) is 5.82 Å². The first-order chi connectivity index (χ1) is 14.5. The molecule has 2 saturated heterocycles. The Labute approximate surface area is 183 Å². The molecule has 2 amide bonds. The van der Waals surface area contributed by atoms with Gasteiger partial charge in [0.15, 0.2) is 0 Å². The van der Waals surface area contributed by atoms with Crippen LogP contribution in [-0.4, -0.2) is 55.1 Å². The van der Waals surface area contributed by atoms with Crippen LogP contribution in [0.15, 0.2) is 48.5 Å². The summed E-state index contributed by atoms with van der Waals surface area (Å²) in [5.41, 5.74) is 1.87. The molecule has 2 aromatic carbocycles. The summed E-state index contributed by atoms with van der Waals surface area (Å²) in [6.45, 7) is 3.70. The Morgan fingerprint density at radius 2 is 1.77 bits per heavy atom. The number of urea groups is 1. The number of benzene rings is 2. The molecule has 0 radical (unpaired) electrons. The predicted molar refractivity (Wildman–Crippen MR) is 120 cm³/mol. The second-order valence-electron chi connectivity index (χ2n) is 8.51. The Bertz CT molecular complexity index is 870. The van der Waals surface area contributed by atoms with Gasteiger partial charge in [0.05, 0.1) is 0 Å². The van der Waals surface area contributed by atoms with Crippen LogP contribution in [0.5, 0.6) is 0 Å². The van der Waals surface area contributed by atoms with Gasteiger partial charge >= 0.3 is 6.03 Å². The van der Waals surface area contributed by atoms with Gasteiger partial charge in [-0.2, -0.15) is 0 Å². The number of halogens is 2. The van der Waals surface area contributed by atoms with Crippen LogP contribution in [0.4, 0.5) is 14.9 Å². The van der Waals surface area contributed by atoms with Gasteiger partial charge in [-0.25, -0.2) is 9.18 Å². The Balaban J connectivity index is 1.28. The Morgan fingerprint density at radius 3 is 2.50 bits per heavy atom. The van der Waals surface area contributed by atoms with Crippen LogP contribution in [0.2, 0.25) is 5.02 Å². The number of carbonyl (C=O) groups excluding carboxylic acids is 1. The summed E-state index contributed by atoms with van der Waals surface area (Å²) < 4.78 is 13.5. The molecule has 0 N–H and O–H groups in total. The summed E-state index contributed by atoms with van der Waals surface area (Å²) in [7, 11) is 1.92. The minimum absolute atomic E-state index is 0.0769. The fourth-order valence-electron chi connectivity index (χ4n) is 4.66. The number of para-hydroxylation sites is 1. The second-order valence-corrected chi connectivity index (χ2v) is 8.91. The van der Waals surface area contributed by atoms with E-state index in [-0.39, 0.29) is 17.9 Å². The van der Waals surface area contributed by atoms with Crippen molar-refractivity contribution in [1.29, 1.82) is 0 Å². The first kappa shape index (κ1) is 21.1. The lowest BCUT2D eigenvalue weighted by atomic mass is 9.90. The van der Waals surface area contributed by atoms with Crippen molar-refractivity contribution in [2.75, 3.05) is 38.1 Å². The third-order valence-corrected chi connectivity index (χ3v) is 6.90. The molecular formula is C24H29ClFN3O. The maximum atomic E-state index is 13.5. The molecule has 0 spiro atoms. The molecule has 4 rings (SSSR count). The van der Waals surface area contributed by atoms with Crippen molar-refractivity contribution in [3.63, 3.8) is 0 Å². The normalized spacial score (nSPS) is 21.3. The van der Waals surface area contributed by atoms with Gasteiger partial charge in [-0.1, -0.05) is 29.8 Å². The molecule has 0 aliphatic carbocycles. The number of anilines is 1. The molecule has 2 fully saturated rings. The van der Waals surface area contributed by atoms with Gasteiger partial charge in [0, 0.05) is 36.9 Å². The summed E-state index contributed by atoms with van der Waals surface area (Å²) in [5, 5.41) is 0.657. The third-order valence-electron chi connectivity index (χ3n) is 6.53. The molecule has 2 aromatic rings. The molecule has 2 heterocycles. The van der Waals surface area contributed by atoms with Gasteiger partial charge in [-0.15, -0.1) is 0 Å². The van der Waals surface area contributed by atoms with Crippen molar-refractivity contribution >= 4 is 23.3 Å². The van der Waals surface area contributed by atoms with Crippen molar-refractivity contribution in [3.05, 3.63) is 64.9 Å². The fraction of sp³-hybridized carbons (Fsp3) is 0.458. The molecule has 4 nitrogen and oxygen atoms in total. The first-order valence-electron chi connectivity index (χ1n) is 10.8. The number of carbonyl (C=O) groups is 1. The van der Waals surface area contributed by atoms with Crippen LogP contribution in [-0.2, 0) is 6.42 Å². The van der Waals surface area contributed by atoms with Crippen LogP contribution in [0.1, 0.15) is 24.8 Å². The predicted octanol–water partition coefficient (Wildman–Crippen LogP) is 5.06. The van der Waals surface area contributed by atoms with Crippen molar-refractivity contribution in [2.45, 2.75) is 31.7 Å². The lowest BCUT2D eigenvalue weighted by Gasteiger charge is -2.42. The van der Waals surface area contributed by atoms with Gasteiger partial charge < -0.3 is 9.80 Å². The van der Waals surface area contributed by atoms with E-state index in [1.807, 2.05) is 47.2 Å². The van der Waals surface area contributed by atoms with Crippen LogP contribution in [0.25, 0.3) is 0 Å². The van der Waals surface area contributed by atoms with Gasteiger partial charge in [-0.3, -0.25) is 4.90 Å². The lowest BCUT2D eigenvalue weighted by molar-refractivity contribution is 0.122. The minimum Gasteiger partial charge on any atom is -0.323 e. The molecule has 0 aromatic heterocycles. The highest BCUT2D eigenvalue weighted by molar-refractivity contribution is 6.31. The van der Waals surface area contributed by atoms with Crippen molar-refractivity contribution in [1.82, 2.24) is 9.80 Å². The van der Waals surface area contributed by atoms with E-state index in [1.54, 1.807) is 12.1 Å². The van der Waals surface area contributed by atoms with Gasteiger partial charge in [-0.05, 0) is 80.6 Å². The maximum absolute atomic E-state index is 13.5. The maximum Gasteiger partial charge on any atom is 0.324 e. The molecule has 30 heavy (non-hydrogen) atoms. The van der Waals surface area contributed by atoms with E-state index in [0.29, 0.717) is 10.9 Å². The summed E-state index contributed by atoms with van der Waals surface area (Å²) in [4.78, 5) is 19.1. The van der Waals surface area contributed by atoms with E-state index >= 15 is 0 Å². The number of hydrogen-bond donors (Lipinski definition) is 0. The van der Waals surface area contributed by atoms with Crippen LogP contribution in [0, 0.1) is 11.7 Å². The first-order valence-corrected chi connectivity index (χ1v) is 11.1. The summed E-state index contributed by atoms with van der Waals surface area (Å²) in [6, 6.07) is 14.8. The van der Waals surface area contributed by atoms with Crippen molar-refractivity contribution < 1.29 is 9.18 Å². The van der Waals surface area contributed by atoms with E-state index in [1.165, 1.54) is 6.07 Å². The van der Waals surface area contributed by atoms with Gasteiger partial charge in [0.2, 0.25) is 0 Å². The molecular weight excluding hydrogens is 401 g/mol. The largest absolute Gasteiger partial charge is 0.324 e. The Hall–Kier alpha value is -2.11. The number of nitrogens with zero attached hydrogens (tertiary/aromatic N) is 3. The Kier molecular flexibility index (Phi) is 6.59. The fourth-order valence-corrected chi connectivity index (χ4v) is 4.85. The summed E-state index contributed by atoms with van der Waals surface area (Å²) >= 11 is 6.24. The number of piperidine rings is 1. The second kappa shape index (κ2) is 9.36. The van der Waals surface area contributed by atoms with E-state index in [0.717, 1.165) is 63.1 Å². The SMILES string of the molecule is CN1C(=O)N(c2ccccc2)CCC1CN1CCC(Cc2cc(F)ccc2Cl)CC1. The average Bonchev–Trinajstić information content (AvgIpc) is 2.76. The number of hydrogen-bond acceptors (Lipinski definition) is 2. The number of amides is 2. The third kappa shape index (κ3) is 4.79. The monoisotopic (exact) mass is 429 g/mol. The zero-order chi connectivity index (χ0) is 21.1. The summed E-state index contributed by atoms with van der Waals surface area (Å²) in [5.74, 6) is 0.307. The lowest BCUT2D eigenvalue weighted by Crippen LogP contribution is -2.56. The number of likely N-dealkylation sites (tertiary alicyclic amines) is 1. The van der Waals surface area contributed by atoms with E-state index in [4.69, 9.17) is 11.6 Å². The number of likely N-dealkylation sites (N-methyl/N-ethyl adjacent to an activating group) is 1. The Morgan fingerprint density at radius 1 is 1.03 bits per heavy atom. The van der Waals surface area contributed by atoms with Crippen LogP contribution in [0.3, 0.4) is 0 Å². The molecule has 160 valence electrons. The van der Waals surface area contributed by atoms with Crippen LogP contribution < -0.4 is 4.90 Å². The molecule has 0 bridgehead atoms. The molecule has 1 unspecified atom stereocenters. The standard InChI is InChI=1S/C24H29ClFN3O/c1-27-22(11-14-29(24(27)30)21-5-3-2-4-6-21)17-28-12-9-18(10-13-28)15-19-16-20(26)7-8-23(19)25/h2-8,16,18,22H,9-15,17H2,1H3. The summed E-state index contributed by atoms with van der Waals surface area (Å²) in [6.07, 6.45) is 3.95. The molecule has 2 aliphatic rings. The number of rotatable bonds is 5. The van der Waals surface area contributed by atoms with Crippen molar-refractivity contribution in [3.8, 4) is 0 Å². The van der Waals surface area contributed by atoms with E-state index in [9.17, 15) is 9.18 Å². The van der Waals surface area contributed by atoms with Gasteiger partial charge in [0.25, 0.3) is 0 Å². The minimum atomic E-state index is -0.221. The molecule has 2 aliphatic heterocycles. The zero-order valence-electron chi connectivity index (χ0n) is 17.4. The molecule has 6 heteroatoms. The van der Waals surface area contributed by atoms with Crippen LogP contribution >= 0.6 is 11.6 Å². The average molecular weight is 430 g/mol. The highest BCUT2D eigenvalue weighted by atomic mass is 35.5. The molecule has 0 saturated carbocycles. The van der Waals surface area contributed by atoms with Crippen molar-refractivity contribution in [2.24, 2.45) is 5.92 Å². The quantitative estimate of drug-likeness (QED) is 0.663. The smallest absolute Gasteiger partial charge is 0.323 e.